The Morgan fingerprint density at radius 3 is 2.84 bits per heavy atom. The van der Waals surface area contributed by atoms with Gasteiger partial charge in [-0.25, -0.2) is 9.97 Å². The summed E-state index contributed by atoms with van der Waals surface area (Å²) in [6, 6.07) is 1.93. The fraction of sp³-hybridized carbons (Fsp3) is 0.714. The van der Waals surface area contributed by atoms with Gasteiger partial charge in [-0.2, -0.15) is 0 Å². The molecule has 0 atom stereocenters. The van der Waals surface area contributed by atoms with Gasteiger partial charge in [-0.15, -0.1) is 0 Å². The number of nitrogens with zero attached hydrogens (tertiary/aromatic N) is 2. The molecule has 2 rings (SSSR count). The van der Waals surface area contributed by atoms with Crippen LogP contribution < -0.4 is 5.32 Å². The molecule has 1 saturated carbocycles. The van der Waals surface area contributed by atoms with Crippen LogP contribution in [0.4, 0.5) is 5.82 Å². The van der Waals surface area contributed by atoms with Crippen molar-refractivity contribution in [2.45, 2.75) is 44.9 Å². The summed E-state index contributed by atoms with van der Waals surface area (Å²) < 4.78 is 6.39. The average molecular weight is 328 g/mol. The maximum Gasteiger partial charge on any atom is 0.135 e. The zero-order chi connectivity index (χ0) is 13.5. The highest BCUT2D eigenvalue weighted by atomic mass is 79.9. The van der Waals surface area contributed by atoms with Crippen LogP contribution in [0.15, 0.2) is 10.7 Å². The maximum atomic E-state index is 5.53. The van der Waals surface area contributed by atoms with Crippen molar-refractivity contribution >= 4 is 21.7 Å². The van der Waals surface area contributed by atoms with E-state index < -0.39 is 0 Å². The second-order valence-corrected chi connectivity index (χ2v) is 5.77. The summed E-state index contributed by atoms with van der Waals surface area (Å²) >= 11 is 3.44. The van der Waals surface area contributed by atoms with Crippen molar-refractivity contribution in [3.05, 3.63) is 16.5 Å². The van der Waals surface area contributed by atoms with Gasteiger partial charge >= 0.3 is 0 Å². The van der Waals surface area contributed by atoms with Gasteiger partial charge in [-0.05, 0) is 41.6 Å². The Morgan fingerprint density at radius 1 is 1.32 bits per heavy atom. The van der Waals surface area contributed by atoms with E-state index in [4.69, 9.17) is 4.74 Å². The van der Waals surface area contributed by atoms with Crippen molar-refractivity contribution in [1.29, 1.82) is 0 Å². The van der Waals surface area contributed by atoms with Gasteiger partial charge in [0.2, 0.25) is 0 Å². The van der Waals surface area contributed by atoms with Crippen molar-refractivity contribution in [1.82, 2.24) is 9.97 Å². The first-order valence-corrected chi connectivity index (χ1v) is 7.95. The van der Waals surface area contributed by atoms with Gasteiger partial charge in [-0.3, -0.25) is 0 Å². The minimum Gasteiger partial charge on any atom is -0.381 e. The largest absolute Gasteiger partial charge is 0.381 e. The highest BCUT2D eigenvalue weighted by molar-refractivity contribution is 9.10. The summed E-state index contributed by atoms with van der Waals surface area (Å²) in [7, 11) is 0. The van der Waals surface area contributed by atoms with Crippen molar-refractivity contribution < 1.29 is 4.74 Å². The average Bonchev–Trinajstić information content (AvgIpc) is 3.21. The molecular formula is C14H22BrN3O. The van der Waals surface area contributed by atoms with E-state index in [1.165, 1.54) is 19.3 Å². The fourth-order valence-electron chi connectivity index (χ4n) is 1.79. The van der Waals surface area contributed by atoms with Gasteiger partial charge in [0.15, 0.2) is 0 Å². The summed E-state index contributed by atoms with van der Waals surface area (Å²) in [6.45, 7) is 4.76. The molecule has 5 heteroatoms. The molecule has 0 unspecified atom stereocenters. The van der Waals surface area contributed by atoms with E-state index in [-0.39, 0.29) is 0 Å². The molecule has 0 saturated heterocycles. The van der Waals surface area contributed by atoms with Crippen LogP contribution >= 0.6 is 15.9 Å². The molecule has 1 aromatic rings. The molecule has 0 radical (unpaired) electrons. The quantitative estimate of drug-likeness (QED) is 0.554. The Balaban J connectivity index is 1.67. The summed E-state index contributed by atoms with van der Waals surface area (Å²) in [5.74, 6) is 2.46. The highest BCUT2D eigenvalue weighted by Gasteiger charge is 2.27. The Morgan fingerprint density at radius 2 is 2.11 bits per heavy atom. The second-order valence-electron chi connectivity index (χ2n) is 4.95. The molecule has 0 amide bonds. The molecule has 19 heavy (non-hydrogen) atoms. The second kappa shape index (κ2) is 7.80. The molecular weight excluding hydrogens is 306 g/mol. The number of ether oxygens (including phenoxy) is 1. The van der Waals surface area contributed by atoms with Crippen molar-refractivity contribution in [3.8, 4) is 0 Å². The van der Waals surface area contributed by atoms with Crippen LogP contribution in [-0.2, 0) is 4.74 Å². The molecule has 1 aliphatic rings. The zero-order valence-corrected chi connectivity index (χ0v) is 13.1. The normalized spacial score (nSPS) is 14.6. The smallest absolute Gasteiger partial charge is 0.135 e. The first-order chi connectivity index (χ1) is 9.29. The molecule has 4 nitrogen and oxygen atoms in total. The predicted octanol–water partition coefficient (Wildman–Crippen LogP) is 3.74. The first-order valence-electron chi connectivity index (χ1n) is 7.15. The minimum absolute atomic E-state index is 0.579. The standard InChI is InChI=1S/C14H22BrN3O/c1-2-3-8-19-9-4-7-16-13-10-12(15)17-14(18-13)11-5-6-11/h10-11H,2-9H2,1H3,(H,16,17,18). The van der Waals surface area contributed by atoms with Crippen LogP contribution in [0.3, 0.4) is 0 Å². The van der Waals surface area contributed by atoms with Gasteiger partial charge in [0.05, 0.1) is 0 Å². The summed E-state index contributed by atoms with van der Waals surface area (Å²) in [5, 5.41) is 3.34. The number of hydrogen-bond acceptors (Lipinski definition) is 4. The Hall–Kier alpha value is -0.680. The summed E-state index contributed by atoms with van der Waals surface area (Å²) in [5.41, 5.74) is 0. The number of aromatic nitrogens is 2. The molecule has 1 aliphatic carbocycles. The lowest BCUT2D eigenvalue weighted by Crippen LogP contribution is -2.08. The maximum absolute atomic E-state index is 5.53. The third-order valence-corrected chi connectivity index (χ3v) is 3.47. The third-order valence-electron chi connectivity index (χ3n) is 3.07. The topological polar surface area (TPSA) is 47.0 Å². The van der Waals surface area contributed by atoms with Crippen molar-refractivity contribution in [2.75, 3.05) is 25.1 Å². The number of anilines is 1. The van der Waals surface area contributed by atoms with Crippen LogP contribution in [0.25, 0.3) is 0 Å². The van der Waals surface area contributed by atoms with E-state index in [0.29, 0.717) is 5.92 Å². The Kier molecular flexibility index (Phi) is 6.04. The Bertz CT molecular complexity index is 396. The lowest BCUT2D eigenvalue weighted by Gasteiger charge is -2.08. The van der Waals surface area contributed by atoms with Crippen LogP contribution in [0, 0.1) is 0 Å². The van der Waals surface area contributed by atoms with Crippen LogP contribution in [0.5, 0.6) is 0 Å². The predicted molar refractivity (Wildman–Crippen MR) is 80.5 cm³/mol. The van der Waals surface area contributed by atoms with E-state index in [0.717, 1.165) is 48.8 Å². The van der Waals surface area contributed by atoms with Crippen LogP contribution in [0.2, 0.25) is 0 Å². The zero-order valence-electron chi connectivity index (χ0n) is 11.5. The fourth-order valence-corrected chi connectivity index (χ4v) is 2.19. The molecule has 1 fully saturated rings. The van der Waals surface area contributed by atoms with Crippen LogP contribution in [-0.4, -0.2) is 29.7 Å². The Labute approximate surface area is 123 Å². The molecule has 1 heterocycles. The van der Waals surface area contributed by atoms with Crippen molar-refractivity contribution in [3.63, 3.8) is 0 Å². The lowest BCUT2D eigenvalue weighted by molar-refractivity contribution is 0.131. The number of nitrogens with one attached hydrogen (secondary N) is 1. The third kappa shape index (κ3) is 5.45. The number of rotatable bonds is 9. The van der Waals surface area contributed by atoms with Gasteiger partial charge in [0.25, 0.3) is 0 Å². The number of unbranched alkanes of at least 4 members (excludes halogenated alkanes) is 1. The molecule has 106 valence electrons. The molecule has 1 N–H and O–H groups in total. The molecule has 0 bridgehead atoms. The van der Waals surface area contributed by atoms with E-state index in [2.05, 4.69) is 38.1 Å². The van der Waals surface area contributed by atoms with E-state index >= 15 is 0 Å². The van der Waals surface area contributed by atoms with E-state index in [9.17, 15) is 0 Å². The summed E-state index contributed by atoms with van der Waals surface area (Å²) in [6.07, 6.45) is 5.79. The summed E-state index contributed by atoms with van der Waals surface area (Å²) in [4.78, 5) is 8.96. The number of halogens is 1. The van der Waals surface area contributed by atoms with Gasteiger partial charge in [0.1, 0.15) is 16.2 Å². The van der Waals surface area contributed by atoms with Gasteiger partial charge in [0, 0.05) is 31.7 Å². The molecule has 0 aliphatic heterocycles. The SMILES string of the molecule is CCCCOCCCNc1cc(Br)nc(C2CC2)n1. The molecule has 0 spiro atoms. The molecule has 1 aromatic heterocycles. The first kappa shape index (κ1) is 14.7. The highest BCUT2D eigenvalue weighted by Crippen LogP contribution is 2.38. The lowest BCUT2D eigenvalue weighted by atomic mass is 10.3. The van der Waals surface area contributed by atoms with E-state index in [1.54, 1.807) is 0 Å². The minimum atomic E-state index is 0.579. The van der Waals surface area contributed by atoms with E-state index in [1.807, 2.05) is 6.07 Å². The monoisotopic (exact) mass is 327 g/mol. The van der Waals surface area contributed by atoms with Gasteiger partial charge in [-0.1, -0.05) is 13.3 Å². The van der Waals surface area contributed by atoms with Crippen molar-refractivity contribution in [2.24, 2.45) is 0 Å². The molecule has 0 aromatic carbocycles. The van der Waals surface area contributed by atoms with Gasteiger partial charge < -0.3 is 10.1 Å². The number of hydrogen-bond donors (Lipinski definition) is 1. The van der Waals surface area contributed by atoms with Crippen LogP contribution in [0.1, 0.15) is 50.8 Å².